The number of benzene rings is 1. The fraction of sp³-hybridized carbons (Fsp3) is 0.231. The lowest BCUT2D eigenvalue weighted by molar-refractivity contribution is 0.443. The molecular formula is C13H15NO2S. The third-order valence-corrected chi connectivity index (χ3v) is 3.66. The lowest BCUT2D eigenvalue weighted by Gasteiger charge is -2.07. The maximum atomic E-state index is 9.61. The van der Waals surface area contributed by atoms with E-state index >= 15 is 0 Å². The Morgan fingerprint density at radius 2 is 2.00 bits per heavy atom. The molecule has 0 aliphatic rings. The minimum atomic E-state index is 0.0837. The van der Waals surface area contributed by atoms with Crippen molar-refractivity contribution >= 4 is 11.3 Å². The maximum absolute atomic E-state index is 9.61. The molecule has 0 radical (unpaired) electrons. The second-order valence-electron chi connectivity index (χ2n) is 3.94. The average molecular weight is 249 g/mol. The van der Waals surface area contributed by atoms with E-state index in [9.17, 15) is 10.2 Å². The van der Waals surface area contributed by atoms with Crippen molar-refractivity contribution in [2.75, 3.05) is 0 Å². The van der Waals surface area contributed by atoms with E-state index in [1.165, 1.54) is 16.5 Å². The minimum absolute atomic E-state index is 0.0837. The number of nitrogens with one attached hydrogen (secondary N) is 1. The average Bonchev–Trinajstić information content (AvgIpc) is 2.68. The van der Waals surface area contributed by atoms with Gasteiger partial charge in [0.05, 0.1) is 0 Å². The van der Waals surface area contributed by atoms with Crippen LogP contribution >= 0.6 is 11.3 Å². The summed E-state index contributed by atoms with van der Waals surface area (Å²) in [5, 5.41) is 24.1. The van der Waals surface area contributed by atoms with Crippen molar-refractivity contribution in [3.05, 3.63) is 45.6 Å². The number of rotatable bonds is 4. The van der Waals surface area contributed by atoms with E-state index in [-0.39, 0.29) is 11.5 Å². The van der Waals surface area contributed by atoms with Crippen LogP contribution in [0.25, 0.3) is 0 Å². The highest BCUT2D eigenvalue weighted by Gasteiger charge is 2.03. The van der Waals surface area contributed by atoms with E-state index in [1.807, 2.05) is 0 Å². The zero-order chi connectivity index (χ0) is 12.3. The summed E-state index contributed by atoms with van der Waals surface area (Å²) in [6.07, 6.45) is 0. The predicted octanol–water partition coefficient (Wildman–Crippen LogP) is 2.76. The van der Waals surface area contributed by atoms with Crippen molar-refractivity contribution < 1.29 is 10.2 Å². The lowest BCUT2D eigenvalue weighted by atomic mass is 10.2. The zero-order valence-corrected chi connectivity index (χ0v) is 10.4. The Kier molecular flexibility index (Phi) is 3.66. The molecule has 1 aromatic carbocycles. The van der Waals surface area contributed by atoms with Gasteiger partial charge in [0.1, 0.15) is 11.5 Å². The van der Waals surface area contributed by atoms with Gasteiger partial charge in [0.2, 0.25) is 0 Å². The molecule has 2 aromatic rings. The molecule has 4 heteroatoms. The van der Waals surface area contributed by atoms with Crippen LogP contribution in [0.5, 0.6) is 11.5 Å². The van der Waals surface area contributed by atoms with Gasteiger partial charge in [0.15, 0.2) is 0 Å². The molecule has 0 unspecified atom stereocenters. The summed E-state index contributed by atoms with van der Waals surface area (Å²) >= 11 is 1.73. The van der Waals surface area contributed by atoms with Gasteiger partial charge < -0.3 is 15.5 Å². The molecule has 0 spiro atoms. The number of phenols is 2. The Labute approximate surface area is 104 Å². The van der Waals surface area contributed by atoms with Crippen molar-refractivity contribution in [2.45, 2.75) is 20.0 Å². The maximum Gasteiger partial charge on any atom is 0.123 e. The Morgan fingerprint density at radius 1 is 1.18 bits per heavy atom. The van der Waals surface area contributed by atoms with Gasteiger partial charge in [-0.05, 0) is 30.0 Å². The molecule has 0 bridgehead atoms. The van der Waals surface area contributed by atoms with Crippen molar-refractivity contribution in [1.29, 1.82) is 0 Å². The zero-order valence-electron chi connectivity index (χ0n) is 9.60. The number of phenolic OH excluding ortho intramolecular Hbond substituents is 2. The molecule has 90 valence electrons. The van der Waals surface area contributed by atoms with Gasteiger partial charge in [-0.15, -0.1) is 11.3 Å². The van der Waals surface area contributed by atoms with Gasteiger partial charge in [0.25, 0.3) is 0 Å². The highest BCUT2D eigenvalue weighted by Crippen LogP contribution is 2.22. The molecule has 0 saturated heterocycles. The van der Waals surface area contributed by atoms with Crippen molar-refractivity contribution in [3.8, 4) is 11.5 Å². The molecule has 0 atom stereocenters. The Bertz CT molecular complexity index is 508. The molecule has 2 rings (SSSR count). The van der Waals surface area contributed by atoms with Crippen LogP contribution in [0.2, 0.25) is 0 Å². The second kappa shape index (κ2) is 5.21. The summed E-state index contributed by atoms with van der Waals surface area (Å²) < 4.78 is 0. The van der Waals surface area contributed by atoms with Gasteiger partial charge >= 0.3 is 0 Å². The van der Waals surface area contributed by atoms with Gasteiger partial charge in [-0.3, -0.25) is 0 Å². The summed E-state index contributed by atoms with van der Waals surface area (Å²) in [4.78, 5) is 1.31. The van der Waals surface area contributed by atoms with Crippen LogP contribution in [0.4, 0.5) is 0 Å². The number of hydrogen-bond acceptors (Lipinski definition) is 4. The molecular weight excluding hydrogens is 234 g/mol. The van der Waals surface area contributed by atoms with Crippen LogP contribution in [0, 0.1) is 6.92 Å². The molecule has 1 heterocycles. The van der Waals surface area contributed by atoms with E-state index in [4.69, 9.17) is 0 Å². The van der Waals surface area contributed by atoms with Crippen LogP contribution in [-0.2, 0) is 13.1 Å². The first-order valence-corrected chi connectivity index (χ1v) is 6.29. The molecule has 0 aliphatic carbocycles. The van der Waals surface area contributed by atoms with E-state index in [1.54, 1.807) is 23.5 Å². The Balaban J connectivity index is 1.92. The second-order valence-corrected chi connectivity index (χ2v) is 4.94. The summed E-state index contributed by atoms with van der Waals surface area (Å²) in [7, 11) is 0. The standard InChI is InChI=1S/C13H15NO2S/c1-9-4-5-17-13(9)8-14-7-10-2-3-11(15)6-12(10)16/h2-6,14-16H,7-8H2,1H3. The highest BCUT2D eigenvalue weighted by molar-refractivity contribution is 7.10. The molecule has 17 heavy (non-hydrogen) atoms. The van der Waals surface area contributed by atoms with Crippen LogP contribution in [-0.4, -0.2) is 10.2 Å². The number of aryl methyl sites for hydroxylation is 1. The van der Waals surface area contributed by atoms with E-state index in [0.29, 0.717) is 6.54 Å². The summed E-state index contributed by atoms with van der Waals surface area (Å²) in [6, 6.07) is 6.75. The predicted molar refractivity (Wildman–Crippen MR) is 69.4 cm³/mol. The summed E-state index contributed by atoms with van der Waals surface area (Å²) in [6.45, 7) is 3.47. The number of thiophene rings is 1. The molecule has 0 saturated carbocycles. The first-order valence-electron chi connectivity index (χ1n) is 5.41. The largest absolute Gasteiger partial charge is 0.508 e. The van der Waals surface area contributed by atoms with E-state index in [2.05, 4.69) is 23.7 Å². The molecule has 3 nitrogen and oxygen atoms in total. The van der Waals surface area contributed by atoms with Crippen LogP contribution < -0.4 is 5.32 Å². The molecule has 0 fully saturated rings. The molecule has 3 N–H and O–H groups in total. The molecule has 0 amide bonds. The minimum Gasteiger partial charge on any atom is -0.508 e. The van der Waals surface area contributed by atoms with Crippen molar-refractivity contribution in [2.24, 2.45) is 0 Å². The van der Waals surface area contributed by atoms with E-state index < -0.39 is 0 Å². The van der Waals surface area contributed by atoms with Crippen molar-refractivity contribution in [1.82, 2.24) is 5.32 Å². The van der Waals surface area contributed by atoms with Crippen molar-refractivity contribution in [3.63, 3.8) is 0 Å². The quantitative estimate of drug-likeness (QED) is 0.781. The highest BCUT2D eigenvalue weighted by atomic mass is 32.1. The number of aromatic hydroxyl groups is 2. The summed E-state index contributed by atoms with van der Waals surface area (Å²) in [5.74, 6) is 0.209. The van der Waals surface area contributed by atoms with Gasteiger partial charge in [-0.25, -0.2) is 0 Å². The number of hydrogen-bond donors (Lipinski definition) is 3. The van der Waals surface area contributed by atoms with Crippen LogP contribution in [0.15, 0.2) is 29.6 Å². The smallest absolute Gasteiger partial charge is 0.123 e. The summed E-state index contributed by atoms with van der Waals surface area (Å²) in [5.41, 5.74) is 2.08. The van der Waals surface area contributed by atoms with Crippen LogP contribution in [0.1, 0.15) is 16.0 Å². The van der Waals surface area contributed by atoms with E-state index in [0.717, 1.165) is 12.1 Å². The Hall–Kier alpha value is -1.52. The molecule has 1 aromatic heterocycles. The Morgan fingerprint density at radius 3 is 2.65 bits per heavy atom. The SMILES string of the molecule is Cc1ccsc1CNCc1ccc(O)cc1O. The first kappa shape index (κ1) is 12.0. The fourth-order valence-corrected chi connectivity index (χ4v) is 2.47. The topological polar surface area (TPSA) is 52.5 Å². The van der Waals surface area contributed by atoms with Gasteiger partial charge in [-0.2, -0.15) is 0 Å². The van der Waals surface area contributed by atoms with Gasteiger partial charge in [-0.1, -0.05) is 6.07 Å². The lowest BCUT2D eigenvalue weighted by Crippen LogP contribution is -2.12. The monoisotopic (exact) mass is 249 g/mol. The van der Waals surface area contributed by atoms with Crippen LogP contribution in [0.3, 0.4) is 0 Å². The third-order valence-electron chi connectivity index (χ3n) is 2.64. The normalized spacial score (nSPS) is 10.6. The fourth-order valence-electron chi connectivity index (χ4n) is 1.60. The van der Waals surface area contributed by atoms with Gasteiger partial charge in [0, 0.05) is 29.6 Å². The molecule has 0 aliphatic heterocycles. The third kappa shape index (κ3) is 2.99. The first-order chi connectivity index (χ1) is 8.16.